The van der Waals surface area contributed by atoms with E-state index in [-0.39, 0.29) is 19.0 Å². The number of aryl methyl sites for hydroxylation is 1. The molecule has 0 unspecified atom stereocenters. The minimum absolute atomic E-state index is 0.00687. The number of nitrogens with one attached hydrogen (secondary N) is 1. The normalized spacial score (nSPS) is 10.2. The van der Waals surface area contributed by atoms with Gasteiger partial charge >= 0.3 is 5.97 Å². The van der Waals surface area contributed by atoms with Crippen molar-refractivity contribution in [3.63, 3.8) is 0 Å². The largest absolute Gasteiger partial charge is 0.468 e. The molecule has 2 rings (SSSR count). The molecule has 2 aromatic heterocycles. The van der Waals surface area contributed by atoms with Crippen LogP contribution in [0.2, 0.25) is 0 Å². The second-order valence-corrected chi connectivity index (χ2v) is 4.21. The topological polar surface area (TPSA) is 103 Å². The third kappa shape index (κ3) is 4.06. The molecule has 0 aliphatic heterocycles. The highest BCUT2D eigenvalue weighted by Gasteiger charge is 2.13. The van der Waals surface area contributed by atoms with Crippen LogP contribution in [0.5, 0.6) is 0 Å². The highest BCUT2D eigenvalue weighted by atomic mass is 16.5. The molecule has 21 heavy (non-hydrogen) atoms. The summed E-state index contributed by atoms with van der Waals surface area (Å²) in [5.41, 5.74) is 0.752. The van der Waals surface area contributed by atoms with Crippen LogP contribution < -0.4 is 10.00 Å². The molecule has 0 aliphatic rings. The van der Waals surface area contributed by atoms with Crippen LogP contribution in [0.3, 0.4) is 0 Å². The Hall–Kier alpha value is -2.84. The maximum Gasteiger partial charge on any atom is 0.325 e. The molecule has 0 bridgehead atoms. The van der Waals surface area contributed by atoms with Crippen molar-refractivity contribution in [1.29, 1.82) is 0 Å². The van der Waals surface area contributed by atoms with E-state index in [0.29, 0.717) is 5.82 Å². The Kier molecular flexibility index (Phi) is 4.54. The Morgan fingerprint density at radius 2 is 2.29 bits per heavy atom. The Morgan fingerprint density at radius 1 is 1.48 bits per heavy atom. The van der Waals surface area contributed by atoms with Crippen molar-refractivity contribution in [1.82, 2.24) is 25.2 Å². The Morgan fingerprint density at radius 3 is 2.86 bits per heavy atom. The first kappa shape index (κ1) is 14.6. The highest BCUT2D eigenvalue weighted by molar-refractivity contribution is 5.80. The molecular formula is C12H15N6O3+. The first-order valence-corrected chi connectivity index (χ1v) is 6.14. The van der Waals surface area contributed by atoms with Crippen molar-refractivity contribution in [3.8, 4) is 11.4 Å². The maximum absolute atomic E-state index is 11.6. The predicted molar refractivity (Wildman–Crippen MR) is 69.5 cm³/mol. The first-order valence-electron chi connectivity index (χ1n) is 6.14. The molecular weight excluding hydrogens is 276 g/mol. The summed E-state index contributed by atoms with van der Waals surface area (Å²) in [6, 6.07) is 1.76. The van der Waals surface area contributed by atoms with Gasteiger partial charge in [0.15, 0.2) is 12.0 Å². The van der Waals surface area contributed by atoms with E-state index in [1.165, 1.54) is 11.8 Å². The van der Waals surface area contributed by atoms with E-state index in [4.69, 9.17) is 0 Å². The summed E-state index contributed by atoms with van der Waals surface area (Å²) in [4.78, 5) is 26.6. The molecule has 0 fully saturated rings. The molecule has 0 aromatic carbocycles. The molecule has 0 aliphatic carbocycles. The highest BCUT2D eigenvalue weighted by Crippen LogP contribution is 2.09. The zero-order valence-electron chi connectivity index (χ0n) is 11.7. The smallest absolute Gasteiger partial charge is 0.325 e. The van der Waals surface area contributed by atoms with E-state index in [1.807, 2.05) is 0 Å². The molecule has 9 nitrogen and oxygen atoms in total. The van der Waals surface area contributed by atoms with Crippen LogP contribution >= 0.6 is 0 Å². The van der Waals surface area contributed by atoms with Crippen molar-refractivity contribution in [2.24, 2.45) is 7.05 Å². The third-order valence-electron chi connectivity index (χ3n) is 2.59. The molecule has 0 saturated heterocycles. The lowest BCUT2D eigenvalue weighted by atomic mass is 10.3. The molecule has 0 spiro atoms. The number of aromatic nitrogens is 5. The van der Waals surface area contributed by atoms with Gasteiger partial charge in [-0.05, 0) is 5.10 Å². The molecule has 0 saturated carbocycles. The third-order valence-corrected chi connectivity index (χ3v) is 2.59. The van der Waals surface area contributed by atoms with Crippen LogP contribution in [0.1, 0.15) is 0 Å². The van der Waals surface area contributed by atoms with Crippen molar-refractivity contribution in [2.45, 2.75) is 6.54 Å². The van der Waals surface area contributed by atoms with Crippen LogP contribution in [0.25, 0.3) is 11.4 Å². The van der Waals surface area contributed by atoms with Crippen LogP contribution in [0.4, 0.5) is 0 Å². The van der Waals surface area contributed by atoms with Gasteiger partial charge in [-0.2, -0.15) is 5.10 Å². The maximum atomic E-state index is 11.6. The Balaban J connectivity index is 1.93. The zero-order chi connectivity index (χ0) is 15.2. The van der Waals surface area contributed by atoms with Crippen molar-refractivity contribution in [3.05, 3.63) is 24.8 Å². The van der Waals surface area contributed by atoms with Crippen molar-refractivity contribution < 1.29 is 19.0 Å². The number of carbonyl (C=O) groups excluding carboxylic acids is 2. The predicted octanol–water partition coefficient (Wildman–Crippen LogP) is -1.55. The van der Waals surface area contributed by atoms with Gasteiger partial charge in [-0.3, -0.25) is 14.3 Å². The number of hydrogen-bond acceptors (Lipinski definition) is 6. The average molecular weight is 291 g/mol. The van der Waals surface area contributed by atoms with E-state index in [2.05, 4.69) is 25.2 Å². The lowest BCUT2D eigenvalue weighted by Gasteiger charge is -2.00. The molecule has 110 valence electrons. The molecule has 2 heterocycles. The van der Waals surface area contributed by atoms with Gasteiger partial charge in [-0.25, -0.2) is 4.98 Å². The number of nitrogens with zero attached hydrogens (tertiary/aromatic N) is 5. The fraction of sp³-hybridized carbons (Fsp3) is 0.333. The minimum atomic E-state index is -0.502. The summed E-state index contributed by atoms with van der Waals surface area (Å²) in [5.74, 6) is -0.271. The first-order chi connectivity index (χ1) is 10.1. The van der Waals surface area contributed by atoms with E-state index < -0.39 is 5.97 Å². The van der Waals surface area contributed by atoms with E-state index >= 15 is 0 Å². The number of esters is 1. The van der Waals surface area contributed by atoms with Crippen LogP contribution in [0, 0.1) is 0 Å². The summed E-state index contributed by atoms with van der Waals surface area (Å²) < 4.78 is 7.46. The summed E-state index contributed by atoms with van der Waals surface area (Å²) in [6.45, 7) is -0.154. The zero-order valence-corrected chi connectivity index (χ0v) is 11.7. The number of methoxy groups -OCH3 is 1. The van der Waals surface area contributed by atoms with Crippen molar-refractivity contribution >= 4 is 11.9 Å². The molecule has 0 radical (unpaired) electrons. The SMILES string of the molecule is COC(=O)CNC(=O)C[n+]1ccc(-c2ncn(C)n2)cn1. The molecule has 1 amide bonds. The van der Waals surface area contributed by atoms with E-state index in [0.717, 1.165) is 5.56 Å². The van der Waals surface area contributed by atoms with Gasteiger partial charge in [0.05, 0.1) is 12.7 Å². The number of carbonyl (C=O) groups is 2. The van der Waals surface area contributed by atoms with Gasteiger partial charge in [-0.1, -0.05) is 4.68 Å². The van der Waals surface area contributed by atoms with E-state index in [1.54, 1.807) is 36.5 Å². The van der Waals surface area contributed by atoms with Gasteiger partial charge < -0.3 is 10.1 Å². The quantitative estimate of drug-likeness (QED) is 0.528. The van der Waals surface area contributed by atoms with Crippen LogP contribution in [-0.4, -0.2) is 45.4 Å². The molecule has 9 heteroatoms. The van der Waals surface area contributed by atoms with Crippen LogP contribution in [0.15, 0.2) is 24.8 Å². The number of hydrogen-bond donors (Lipinski definition) is 1. The summed E-state index contributed by atoms with van der Waals surface area (Å²) in [7, 11) is 3.04. The van der Waals surface area contributed by atoms with Gasteiger partial charge in [0, 0.05) is 13.1 Å². The summed E-state index contributed by atoms with van der Waals surface area (Å²) in [6.07, 6.45) is 4.81. The van der Waals surface area contributed by atoms with E-state index in [9.17, 15) is 9.59 Å². The number of amides is 1. The summed E-state index contributed by atoms with van der Waals surface area (Å²) >= 11 is 0. The number of ether oxygens (including phenoxy) is 1. The van der Waals surface area contributed by atoms with Gasteiger partial charge in [0.1, 0.15) is 19.1 Å². The second kappa shape index (κ2) is 6.55. The van der Waals surface area contributed by atoms with Crippen LogP contribution in [-0.2, 0) is 27.9 Å². The minimum Gasteiger partial charge on any atom is -0.468 e. The van der Waals surface area contributed by atoms with Gasteiger partial charge in [0.25, 0.3) is 12.5 Å². The van der Waals surface area contributed by atoms with Gasteiger partial charge in [-0.15, -0.1) is 0 Å². The summed E-state index contributed by atoms with van der Waals surface area (Å²) in [5, 5.41) is 10.7. The monoisotopic (exact) mass is 291 g/mol. The lowest BCUT2D eigenvalue weighted by Crippen LogP contribution is -2.46. The van der Waals surface area contributed by atoms with Gasteiger partial charge in [0.2, 0.25) is 0 Å². The average Bonchev–Trinajstić information content (AvgIpc) is 2.92. The molecule has 0 atom stereocenters. The fourth-order valence-electron chi connectivity index (χ4n) is 1.53. The standard InChI is InChI=1S/C12H14N6O3/c1-17-8-14-12(16-17)9-3-4-18(15-5-9)7-10(19)13-6-11(20)21-2/h3-5,8H,6-7H2,1-2H3/p+1. The van der Waals surface area contributed by atoms with Crippen molar-refractivity contribution in [2.75, 3.05) is 13.7 Å². The fourth-order valence-corrected chi connectivity index (χ4v) is 1.53. The molecule has 1 N–H and O–H groups in total. The molecule has 2 aromatic rings. The Bertz CT molecular complexity index is 637. The second-order valence-electron chi connectivity index (χ2n) is 4.21. The Labute approximate surface area is 120 Å². The number of rotatable bonds is 5. The lowest BCUT2D eigenvalue weighted by molar-refractivity contribution is -0.742.